The van der Waals surface area contributed by atoms with Crippen LogP contribution in [0.4, 0.5) is 5.00 Å². The third-order valence-corrected chi connectivity index (χ3v) is 5.02. The molecule has 19 heavy (non-hydrogen) atoms. The number of halogens is 1. The van der Waals surface area contributed by atoms with Crippen molar-refractivity contribution in [2.75, 3.05) is 11.9 Å². The summed E-state index contributed by atoms with van der Waals surface area (Å²) in [5.74, 6) is 0.230. The quantitative estimate of drug-likeness (QED) is 0.846. The molecule has 1 aromatic carbocycles. The maximum absolute atomic E-state index is 12.0. The highest BCUT2D eigenvalue weighted by atomic mass is 35.5. The second-order valence-electron chi connectivity index (χ2n) is 4.80. The second-order valence-corrected chi connectivity index (χ2v) is 6.40. The second kappa shape index (κ2) is 4.99. The van der Waals surface area contributed by atoms with Crippen molar-refractivity contribution in [3.05, 3.63) is 51.4 Å². The Morgan fingerprint density at radius 1 is 1.26 bits per heavy atom. The maximum atomic E-state index is 12.0. The van der Waals surface area contributed by atoms with Gasteiger partial charge in [0.2, 0.25) is 0 Å². The fraction of sp³-hybridized carbons (Fsp3) is 0.267. The molecule has 0 radical (unpaired) electrons. The lowest BCUT2D eigenvalue weighted by Gasteiger charge is -2.18. The van der Waals surface area contributed by atoms with Gasteiger partial charge in [0.05, 0.1) is 9.90 Å². The number of thiophene rings is 1. The SMILES string of the molecule is CN(Cc1ccccc1)c1sc(Cl)c2c1C(=O)CC2. The highest BCUT2D eigenvalue weighted by Crippen LogP contribution is 2.43. The van der Waals surface area contributed by atoms with Gasteiger partial charge in [-0.3, -0.25) is 4.79 Å². The van der Waals surface area contributed by atoms with E-state index < -0.39 is 0 Å². The van der Waals surface area contributed by atoms with Crippen LogP contribution in [0.5, 0.6) is 0 Å². The van der Waals surface area contributed by atoms with Crippen LogP contribution in [-0.2, 0) is 13.0 Å². The van der Waals surface area contributed by atoms with E-state index in [0.29, 0.717) is 6.42 Å². The Morgan fingerprint density at radius 2 is 2.00 bits per heavy atom. The van der Waals surface area contributed by atoms with Crippen LogP contribution in [-0.4, -0.2) is 12.8 Å². The van der Waals surface area contributed by atoms with Crippen molar-refractivity contribution in [2.45, 2.75) is 19.4 Å². The van der Waals surface area contributed by atoms with E-state index in [1.165, 1.54) is 16.9 Å². The fourth-order valence-electron chi connectivity index (χ4n) is 2.50. The Labute approximate surface area is 121 Å². The molecule has 0 bridgehead atoms. The molecular weight excluding hydrogens is 278 g/mol. The lowest BCUT2D eigenvalue weighted by atomic mass is 10.2. The molecule has 0 saturated carbocycles. The van der Waals surface area contributed by atoms with Gasteiger partial charge in [0.1, 0.15) is 5.00 Å². The highest BCUT2D eigenvalue weighted by molar-refractivity contribution is 7.20. The molecule has 1 heterocycles. The number of ketones is 1. The van der Waals surface area contributed by atoms with Crippen molar-refractivity contribution in [3.63, 3.8) is 0 Å². The smallest absolute Gasteiger partial charge is 0.166 e. The first kappa shape index (κ1) is 12.7. The van der Waals surface area contributed by atoms with Crippen LogP contribution in [0.2, 0.25) is 4.34 Å². The van der Waals surface area contributed by atoms with E-state index >= 15 is 0 Å². The van der Waals surface area contributed by atoms with Gasteiger partial charge in [-0.15, -0.1) is 11.3 Å². The van der Waals surface area contributed by atoms with Crippen molar-refractivity contribution < 1.29 is 4.79 Å². The average molecular weight is 292 g/mol. The number of hydrogen-bond acceptors (Lipinski definition) is 3. The molecule has 98 valence electrons. The summed E-state index contributed by atoms with van der Waals surface area (Å²) in [5, 5.41) is 1.01. The summed E-state index contributed by atoms with van der Waals surface area (Å²) < 4.78 is 0.774. The number of Topliss-reactive ketones (excluding diaryl/α,β-unsaturated/α-hetero) is 1. The van der Waals surface area contributed by atoms with Gasteiger partial charge in [-0.2, -0.15) is 0 Å². The standard InChI is InChI=1S/C15H14ClNOS/c1-17(9-10-5-3-2-4-6-10)15-13-11(14(16)19-15)7-8-12(13)18/h2-6H,7-9H2,1H3. The molecule has 0 atom stereocenters. The topological polar surface area (TPSA) is 20.3 Å². The van der Waals surface area contributed by atoms with E-state index in [9.17, 15) is 4.79 Å². The summed E-state index contributed by atoms with van der Waals surface area (Å²) in [4.78, 5) is 14.1. The van der Waals surface area contributed by atoms with E-state index in [-0.39, 0.29) is 5.78 Å². The number of rotatable bonds is 3. The van der Waals surface area contributed by atoms with Crippen LogP contribution in [0, 0.1) is 0 Å². The molecule has 1 aromatic heterocycles. The van der Waals surface area contributed by atoms with E-state index in [1.54, 1.807) is 0 Å². The predicted octanol–water partition coefficient (Wildman–Crippen LogP) is 4.17. The molecule has 2 nitrogen and oxygen atoms in total. The number of anilines is 1. The third-order valence-electron chi connectivity index (χ3n) is 3.43. The highest BCUT2D eigenvalue weighted by Gasteiger charge is 2.29. The summed E-state index contributed by atoms with van der Waals surface area (Å²) in [6.07, 6.45) is 1.40. The zero-order chi connectivity index (χ0) is 13.4. The third kappa shape index (κ3) is 2.28. The minimum atomic E-state index is 0.230. The molecule has 0 aliphatic heterocycles. The molecule has 0 spiro atoms. The zero-order valence-electron chi connectivity index (χ0n) is 10.6. The van der Waals surface area contributed by atoms with Crippen LogP contribution in [0.3, 0.4) is 0 Å². The molecule has 0 saturated heterocycles. The van der Waals surface area contributed by atoms with Gasteiger partial charge in [-0.25, -0.2) is 0 Å². The van der Waals surface area contributed by atoms with Gasteiger partial charge in [-0.05, 0) is 17.5 Å². The number of nitrogens with zero attached hydrogens (tertiary/aromatic N) is 1. The molecule has 1 aliphatic rings. The number of hydrogen-bond donors (Lipinski definition) is 0. The van der Waals surface area contributed by atoms with E-state index in [0.717, 1.165) is 33.4 Å². The van der Waals surface area contributed by atoms with Gasteiger partial charge in [0, 0.05) is 20.0 Å². The van der Waals surface area contributed by atoms with Crippen molar-refractivity contribution >= 4 is 33.7 Å². The number of fused-ring (bicyclic) bond motifs is 1. The van der Waals surface area contributed by atoms with Crippen molar-refractivity contribution in [1.29, 1.82) is 0 Å². The molecular formula is C15H14ClNOS. The monoisotopic (exact) mass is 291 g/mol. The van der Waals surface area contributed by atoms with E-state index in [1.807, 2.05) is 25.2 Å². The first-order valence-corrected chi connectivity index (χ1v) is 7.45. The van der Waals surface area contributed by atoms with Gasteiger partial charge in [0.25, 0.3) is 0 Å². The van der Waals surface area contributed by atoms with Crippen LogP contribution in [0.15, 0.2) is 30.3 Å². The lowest BCUT2D eigenvalue weighted by molar-refractivity contribution is 0.0995. The molecule has 0 unspecified atom stereocenters. The molecule has 0 N–H and O–H groups in total. The Kier molecular flexibility index (Phi) is 3.33. The van der Waals surface area contributed by atoms with Gasteiger partial charge < -0.3 is 4.90 Å². The Balaban J connectivity index is 1.91. The largest absolute Gasteiger partial charge is 0.362 e. The Bertz CT molecular complexity index is 621. The normalized spacial score (nSPS) is 13.7. The summed E-state index contributed by atoms with van der Waals surface area (Å²) in [6, 6.07) is 10.2. The average Bonchev–Trinajstić information content (AvgIpc) is 2.93. The summed E-state index contributed by atoms with van der Waals surface area (Å²) >= 11 is 7.76. The van der Waals surface area contributed by atoms with Crippen molar-refractivity contribution in [1.82, 2.24) is 0 Å². The Hall–Kier alpha value is -1.32. The van der Waals surface area contributed by atoms with Crippen LogP contribution in [0.1, 0.15) is 27.9 Å². The molecule has 3 rings (SSSR count). The molecule has 4 heteroatoms. The fourth-order valence-corrected chi connectivity index (χ4v) is 3.96. The molecule has 0 fully saturated rings. The molecule has 2 aromatic rings. The number of carbonyl (C=O) groups excluding carboxylic acids is 1. The van der Waals surface area contributed by atoms with Crippen LogP contribution >= 0.6 is 22.9 Å². The molecule has 0 amide bonds. The first-order chi connectivity index (χ1) is 9.16. The van der Waals surface area contributed by atoms with Crippen LogP contribution in [0.25, 0.3) is 0 Å². The van der Waals surface area contributed by atoms with E-state index in [4.69, 9.17) is 11.6 Å². The van der Waals surface area contributed by atoms with Crippen molar-refractivity contribution in [2.24, 2.45) is 0 Å². The lowest BCUT2D eigenvalue weighted by Crippen LogP contribution is -2.17. The van der Waals surface area contributed by atoms with Gasteiger partial charge in [0.15, 0.2) is 5.78 Å². The Morgan fingerprint density at radius 3 is 2.74 bits per heavy atom. The van der Waals surface area contributed by atoms with Gasteiger partial charge in [-0.1, -0.05) is 41.9 Å². The summed E-state index contributed by atoms with van der Waals surface area (Å²) in [6.45, 7) is 0.789. The maximum Gasteiger partial charge on any atom is 0.166 e. The predicted molar refractivity (Wildman–Crippen MR) is 80.5 cm³/mol. The van der Waals surface area contributed by atoms with Gasteiger partial charge >= 0.3 is 0 Å². The number of benzene rings is 1. The number of carbonyl (C=O) groups is 1. The summed E-state index contributed by atoms with van der Waals surface area (Å²) in [7, 11) is 2.01. The summed E-state index contributed by atoms with van der Waals surface area (Å²) in [5.41, 5.74) is 3.13. The van der Waals surface area contributed by atoms with Crippen molar-refractivity contribution in [3.8, 4) is 0 Å². The minimum absolute atomic E-state index is 0.230. The minimum Gasteiger partial charge on any atom is -0.362 e. The first-order valence-electron chi connectivity index (χ1n) is 6.26. The molecule has 1 aliphatic carbocycles. The zero-order valence-corrected chi connectivity index (χ0v) is 12.2. The van der Waals surface area contributed by atoms with E-state index in [2.05, 4.69) is 17.0 Å². The van der Waals surface area contributed by atoms with Crippen LogP contribution < -0.4 is 4.90 Å².